The lowest BCUT2D eigenvalue weighted by atomic mass is 9.96. The van der Waals surface area contributed by atoms with Crippen molar-refractivity contribution in [3.63, 3.8) is 0 Å². The number of ether oxygens (including phenoxy) is 2. The summed E-state index contributed by atoms with van der Waals surface area (Å²) in [7, 11) is 0. The van der Waals surface area contributed by atoms with Gasteiger partial charge in [0.25, 0.3) is 0 Å². The fourth-order valence-electron chi connectivity index (χ4n) is 2.79. The van der Waals surface area contributed by atoms with Crippen LogP contribution in [-0.4, -0.2) is 91.5 Å². The molecule has 0 aromatic heterocycles. The predicted molar refractivity (Wildman–Crippen MR) is 101 cm³/mol. The predicted octanol–water partition coefficient (Wildman–Crippen LogP) is -4.58. The summed E-state index contributed by atoms with van der Waals surface area (Å²) in [6.45, 7) is 0.841. The lowest BCUT2D eigenvalue weighted by molar-refractivity contribution is -0.261. The second-order valence-corrected chi connectivity index (χ2v) is 6.70. The zero-order valence-corrected chi connectivity index (χ0v) is 16.0. The summed E-state index contributed by atoms with van der Waals surface area (Å²) in [4.78, 5) is 23.1. The summed E-state index contributed by atoms with van der Waals surface area (Å²) in [5.41, 5.74) is 21.9. The molecule has 12 N–H and O–H groups in total. The standard InChI is InChI=1S/C16H34N6O6/c17-4-2-1-3-9(19)15(26)22-12-14(25)13(24)10(7-18)28-16(12)27-6-5-21-8-11(20)23/h9-10,12-14,16,21,24-25H,1-8,17-19H2,(H2,20,23)(H,22,26)/t9-,10+,12+,13+,14+,16-/m0/s1. The number of nitrogens with two attached hydrogens (primary N) is 4. The molecular formula is C16H34N6O6. The summed E-state index contributed by atoms with van der Waals surface area (Å²) in [5, 5.41) is 25.9. The Labute approximate surface area is 164 Å². The zero-order valence-electron chi connectivity index (χ0n) is 16.0. The van der Waals surface area contributed by atoms with Crippen LogP contribution >= 0.6 is 0 Å². The van der Waals surface area contributed by atoms with E-state index in [1.165, 1.54) is 0 Å². The van der Waals surface area contributed by atoms with E-state index in [1.54, 1.807) is 0 Å². The Morgan fingerprint density at radius 1 is 1.18 bits per heavy atom. The molecule has 1 saturated heterocycles. The minimum Gasteiger partial charge on any atom is -0.388 e. The molecule has 0 unspecified atom stereocenters. The van der Waals surface area contributed by atoms with Gasteiger partial charge in [-0.3, -0.25) is 9.59 Å². The molecule has 0 radical (unpaired) electrons. The zero-order chi connectivity index (χ0) is 21.1. The average molecular weight is 406 g/mol. The van der Waals surface area contributed by atoms with Crippen molar-refractivity contribution in [2.75, 3.05) is 32.8 Å². The first kappa shape index (κ1) is 24.7. The fourth-order valence-corrected chi connectivity index (χ4v) is 2.79. The number of amides is 2. The topological polar surface area (TPSA) is 221 Å². The van der Waals surface area contributed by atoms with Gasteiger partial charge in [-0.15, -0.1) is 0 Å². The van der Waals surface area contributed by atoms with E-state index >= 15 is 0 Å². The lowest BCUT2D eigenvalue weighted by Gasteiger charge is -2.42. The number of hydrogen-bond donors (Lipinski definition) is 8. The van der Waals surface area contributed by atoms with E-state index in [-0.39, 0.29) is 26.2 Å². The smallest absolute Gasteiger partial charge is 0.237 e. The van der Waals surface area contributed by atoms with Crippen LogP contribution in [0.4, 0.5) is 0 Å². The number of aliphatic hydroxyl groups is 2. The van der Waals surface area contributed by atoms with Crippen LogP contribution in [0.15, 0.2) is 0 Å². The first-order valence-electron chi connectivity index (χ1n) is 9.40. The van der Waals surface area contributed by atoms with Gasteiger partial charge in [0, 0.05) is 13.1 Å². The normalized spacial score (nSPS) is 28.7. The molecule has 164 valence electrons. The fraction of sp³-hybridized carbons (Fsp3) is 0.875. The number of primary amides is 1. The number of rotatable bonds is 13. The Morgan fingerprint density at radius 3 is 2.50 bits per heavy atom. The highest BCUT2D eigenvalue weighted by Crippen LogP contribution is 2.22. The third-order valence-corrected chi connectivity index (χ3v) is 4.41. The van der Waals surface area contributed by atoms with Gasteiger partial charge >= 0.3 is 0 Å². The van der Waals surface area contributed by atoms with Crippen LogP contribution in [0.2, 0.25) is 0 Å². The number of unbranched alkanes of at least 4 members (excludes halogenated alkanes) is 1. The van der Waals surface area contributed by atoms with Gasteiger partial charge in [0.2, 0.25) is 11.8 Å². The largest absolute Gasteiger partial charge is 0.388 e. The highest BCUT2D eigenvalue weighted by Gasteiger charge is 2.45. The van der Waals surface area contributed by atoms with E-state index < -0.39 is 48.5 Å². The van der Waals surface area contributed by atoms with E-state index in [0.29, 0.717) is 19.4 Å². The Hall–Kier alpha value is -1.38. The minimum absolute atomic E-state index is 0.0144. The van der Waals surface area contributed by atoms with E-state index in [1.807, 2.05) is 0 Å². The Kier molecular flexibility index (Phi) is 11.4. The number of carbonyl (C=O) groups excluding carboxylic acids is 2. The van der Waals surface area contributed by atoms with Gasteiger partial charge < -0.3 is 53.3 Å². The molecule has 12 nitrogen and oxygen atoms in total. The number of nitrogens with one attached hydrogen (secondary N) is 2. The molecule has 0 aromatic rings. The van der Waals surface area contributed by atoms with Crippen LogP contribution < -0.4 is 33.6 Å². The Balaban J connectivity index is 2.66. The van der Waals surface area contributed by atoms with Crippen molar-refractivity contribution < 1.29 is 29.3 Å². The molecule has 1 aliphatic heterocycles. The number of hydrogen-bond acceptors (Lipinski definition) is 10. The minimum atomic E-state index is -1.36. The van der Waals surface area contributed by atoms with Gasteiger partial charge in [0.15, 0.2) is 6.29 Å². The van der Waals surface area contributed by atoms with Crippen molar-refractivity contribution in [1.29, 1.82) is 0 Å². The lowest BCUT2D eigenvalue weighted by Crippen LogP contribution is -2.66. The molecule has 0 bridgehead atoms. The molecule has 1 heterocycles. The van der Waals surface area contributed by atoms with Gasteiger partial charge in [-0.25, -0.2) is 0 Å². The van der Waals surface area contributed by atoms with Crippen molar-refractivity contribution >= 4 is 11.8 Å². The molecule has 0 aliphatic carbocycles. The Bertz CT molecular complexity index is 485. The van der Waals surface area contributed by atoms with Crippen LogP contribution in [0.3, 0.4) is 0 Å². The summed E-state index contributed by atoms with van der Waals surface area (Å²) in [6.07, 6.45) is -2.69. The average Bonchev–Trinajstić information content (AvgIpc) is 2.66. The highest BCUT2D eigenvalue weighted by atomic mass is 16.7. The summed E-state index contributed by atoms with van der Waals surface area (Å²) < 4.78 is 11.2. The maximum atomic E-state index is 12.3. The molecule has 1 aliphatic rings. The first-order valence-corrected chi connectivity index (χ1v) is 9.40. The van der Waals surface area contributed by atoms with Crippen LogP contribution in [0, 0.1) is 0 Å². The third kappa shape index (κ3) is 7.93. The quantitative estimate of drug-likeness (QED) is 0.137. The molecule has 2 amide bonds. The SMILES string of the molecule is NCCCC[C@H](N)C(=O)N[C@H]1[C@@H](OCCNCC(N)=O)O[C@H](CN)[C@@H](O)[C@@H]1O. The van der Waals surface area contributed by atoms with E-state index in [9.17, 15) is 19.8 Å². The van der Waals surface area contributed by atoms with Gasteiger partial charge in [0.1, 0.15) is 24.4 Å². The van der Waals surface area contributed by atoms with Crippen LogP contribution in [0.1, 0.15) is 19.3 Å². The first-order chi connectivity index (χ1) is 13.3. The molecule has 0 spiro atoms. The summed E-state index contributed by atoms with van der Waals surface area (Å²) in [6, 6.07) is -1.83. The van der Waals surface area contributed by atoms with Crippen molar-refractivity contribution in [3.8, 4) is 0 Å². The van der Waals surface area contributed by atoms with E-state index in [2.05, 4.69) is 10.6 Å². The molecule has 1 rings (SSSR count). The monoisotopic (exact) mass is 406 g/mol. The molecule has 6 atom stereocenters. The molecule has 1 fully saturated rings. The van der Waals surface area contributed by atoms with Crippen molar-refractivity contribution in [2.45, 2.75) is 55.9 Å². The number of carbonyl (C=O) groups is 2. The molecule has 0 aromatic carbocycles. The van der Waals surface area contributed by atoms with Crippen LogP contribution in [0.5, 0.6) is 0 Å². The maximum absolute atomic E-state index is 12.3. The Morgan fingerprint density at radius 2 is 1.89 bits per heavy atom. The maximum Gasteiger partial charge on any atom is 0.237 e. The van der Waals surface area contributed by atoms with E-state index in [4.69, 9.17) is 32.4 Å². The van der Waals surface area contributed by atoms with Gasteiger partial charge in [-0.05, 0) is 19.4 Å². The second-order valence-electron chi connectivity index (χ2n) is 6.70. The van der Waals surface area contributed by atoms with Crippen molar-refractivity contribution in [3.05, 3.63) is 0 Å². The summed E-state index contributed by atoms with van der Waals surface area (Å²) in [5.74, 6) is -1.01. The molecule has 12 heteroatoms. The third-order valence-electron chi connectivity index (χ3n) is 4.41. The number of aliphatic hydroxyl groups excluding tert-OH is 2. The molecular weight excluding hydrogens is 372 g/mol. The molecule has 0 saturated carbocycles. The van der Waals surface area contributed by atoms with E-state index in [0.717, 1.165) is 6.42 Å². The van der Waals surface area contributed by atoms with Crippen LogP contribution in [-0.2, 0) is 19.1 Å². The van der Waals surface area contributed by atoms with Gasteiger partial charge in [-0.2, -0.15) is 0 Å². The van der Waals surface area contributed by atoms with Gasteiger partial charge in [0.05, 0.1) is 19.2 Å². The van der Waals surface area contributed by atoms with Gasteiger partial charge in [-0.1, -0.05) is 6.42 Å². The molecule has 28 heavy (non-hydrogen) atoms. The second kappa shape index (κ2) is 13.0. The van der Waals surface area contributed by atoms with Crippen molar-refractivity contribution in [2.24, 2.45) is 22.9 Å². The highest BCUT2D eigenvalue weighted by molar-refractivity contribution is 5.81. The van der Waals surface area contributed by atoms with Crippen LogP contribution in [0.25, 0.3) is 0 Å². The summed E-state index contributed by atoms with van der Waals surface area (Å²) >= 11 is 0. The van der Waals surface area contributed by atoms with Crippen molar-refractivity contribution in [1.82, 2.24) is 10.6 Å².